The summed E-state index contributed by atoms with van der Waals surface area (Å²) < 4.78 is 5.64. The lowest BCUT2D eigenvalue weighted by atomic mass is 10.3. The number of hydrogen-bond donors (Lipinski definition) is 2. The molecule has 0 aliphatic heterocycles. The van der Waals surface area contributed by atoms with Crippen molar-refractivity contribution in [3.05, 3.63) is 52.7 Å². The Labute approximate surface area is 153 Å². The zero-order valence-electron chi connectivity index (χ0n) is 12.6. The molecule has 0 bridgehead atoms. The van der Waals surface area contributed by atoms with Crippen LogP contribution in [0.2, 0.25) is 0 Å². The minimum absolute atomic E-state index is 0. The fraction of sp³-hybridized carbons (Fsp3) is 0.312. The summed E-state index contributed by atoms with van der Waals surface area (Å²) in [4.78, 5) is 4.20. The monoisotopic (exact) mass is 431 g/mol. The number of ether oxygens (including phenoxy) is 1. The molecule has 22 heavy (non-hydrogen) atoms. The van der Waals surface area contributed by atoms with Gasteiger partial charge in [0.1, 0.15) is 5.75 Å². The number of para-hydroxylation sites is 1. The van der Waals surface area contributed by atoms with Crippen molar-refractivity contribution >= 4 is 41.3 Å². The maximum atomic E-state index is 5.64. The van der Waals surface area contributed by atoms with Crippen molar-refractivity contribution in [2.24, 2.45) is 4.99 Å². The molecular weight excluding hydrogens is 409 g/mol. The van der Waals surface area contributed by atoms with Crippen LogP contribution in [-0.2, 0) is 6.54 Å². The van der Waals surface area contributed by atoms with Crippen molar-refractivity contribution in [3.8, 4) is 5.75 Å². The molecular formula is C16H22IN3OS. The number of nitrogens with one attached hydrogen (secondary N) is 2. The lowest BCUT2D eigenvalue weighted by Gasteiger charge is -2.11. The maximum Gasteiger partial charge on any atom is 0.191 e. The summed E-state index contributed by atoms with van der Waals surface area (Å²) in [6.07, 6.45) is 0.925. The molecule has 0 fully saturated rings. The van der Waals surface area contributed by atoms with Crippen molar-refractivity contribution in [1.82, 2.24) is 10.6 Å². The van der Waals surface area contributed by atoms with E-state index in [0.29, 0.717) is 6.61 Å². The van der Waals surface area contributed by atoms with E-state index in [4.69, 9.17) is 4.74 Å². The van der Waals surface area contributed by atoms with Crippen LogP contribution in [0.5, 0.6) is 5.75 Å². The first kappa shape index (κ1) is 18.8. The number of halogens is 1. The second-order valence-electron chi connectivity index (χ2n) is 4.50. The summed E-state index contributed by atoms with van der Waals surface area (Å²) >= 11 is 1.70. The van der Waals surface area contributed by atoms with E-state index in [0.717, 1.165) is 31.2 Å². The van der Waals surface area contributed by atoms with Crippen molar-refractivity contribution < 1.29 is 4.74 Å². The Bertz CT molecular complexity index is 532. The number of rotatable bonds is 7. The van der Waals surface area contributed by atoms with Gasteiger partial charge >= 0.3 is 0 Å². The van der Waals surface area contributed by atoms with E-state index in [1.807, 2.05) is 30.3 Å². The predicted molar refractivity (Wildman–Crippen MR) is 104 cm³/mol. The van der Waals surface area contributed by atoms with E-state index >= 15 is 0 Å². The van der Waals surface area contributed by atoms with Gasteiger partial charge in [0.15, 0.2) is 5.96 Å². The summed E-state index contributed by atoms with van der Waals surface area (Å²) in [5.74, 6) is 1.73. The second kappa shape index (κ2) is 11.3. The largest absolute Gasteiger partial charge is 0.494 e. The molecule has 0 atom stereocenters. The van der Waals surface area contributed by atoms with E-state index in [9.17, 15) is 0 Å². The molecule has 2 N–H and O–H groups in total. The third-order valence-corrected chi connectivity index (χ3v) is 3.62. The van der Waals surface area contributed by atoms with Crippen LogP contribution in [0.3, 0.4) is 0 Å². The number of nitrogens with zero attached hydrogens (tertiary/aromatic N) is 1. The topological polar surface area (TPSA) is 45.7 Å². The molecule has 0 spiro atoms. The highest BCUT2D eigenvalue weighted by atomic mass is 127. The number of aliphatic imine (C=N–C) groups is 1. The van der Waals surface area contributed by atoms with Crippen molar-refractivity contribution in [2.45, 2.75) is 13.0 Å². The molecule has 0 aliphatic carbocycles. The van der Waals surface area contributed by atoms with Gasteiger partial charge in [-0.3, -0.25) is 4.99 Å². The van der Waals surface area contributed by atoms with Gasteiger partial charge in [-0.15, -0.1) is 24.0 Å². The first-order chi connectivity index (χ1) is 10.4. The molecule has 6 heteroatoms. The lowest BCUT2D eigenvalue weighted by molar-refractivity contribution is 0.311. The van der Waals surface area contributed by atoms with E-state index in [1.165, 1.54) is 5.56 Å². The van der Waals surface area contributed by atoms with Crippen molar-refractivity contribution in [1.29, 1.82) is 0 Å². The number of hydrogen-bond acceptors (Lipinski definition) is 3. The van der Waals surface area contributed by atoms with Crippen LogP contribution in [0.1, 0.15) is 12.0 Å². The zero-order valence-corrected chi connectivity index (χ0v) is 15.8. The van der Waals surface area contributed by atoms with Gasteiger partial charge < -0.3 is 15.4 Å². The Morgan fingerprint density at radius 3 is 2.68 bits per heavy atom. The number of benzene rings is 1. The Morgan fingerprint density at radius 2 is 2.00 bits per heavy atom. The molecule has 2 aromatic rings. The molecule has 0 saturated carbocycles. The Kier molecular flexibility index (Phi) is 9.65. The van der Waals surface area contributed by atoms with Crippen molar-refractivity contribution in [2.75, 3.05) is 20.2 Å². The SMILES string of the molecule is CN=C(NCCCOc1ccccc1)NCc1ccsc1.I. The first-order valence-corrected chi connectivity index (χ1v) is 7.96. The van der Waals surface area contributed by atoms with Gasteiger partial charge in [0, 0.05) is 20.1 Å². The highest BCUT2D eigenvalue weighted by Gasteiger charge is 1.98. The molecule has 1 heterocycles. The van der Waals surface area contributed by atoms with E-state index in [-0.39, 0.29) is 24.0 Å². The van der Waals surface area contributed by atoms with E-state index < -0.39 is 0 Å². The smallest absolute Gasteiger partial charge is 0.191 e. The molecule has 2 rings (SSSR count). The van der Waals surface area contributed by atoms with Crippen LogP contribution in [-0.4, -0.2) is 26.2 Å². The van der Waals surface area contributed by atoms with Crippen molar-refractivity contribution in [3.63, 3.8) is 0 Å². The van der Waals surface area contributed by atoms with Crippen LogP contribution < -0.4 is 15.4 Å². The minimum Gasteiger partial charge on any atom is -0.494 e. The molecule has 4 nitrogen and oxygen atoms in total. The maximum absolute atomic E-state index is 5.64. The predicted octanol–water partition coefficient (Wildman–Crippen LogP) is 3.50. The Balaban J connectivity index is 0.00000242. The summed E-state index contributed by atoms with van der Waals surface area (Å²) in [6, 6.07) is 12.0. The molecule has 0 amide bonds. The first-order valence-electron chi connectivity index (χ1n) is 7.02. The second-order valence-corrected chi connectivity index (χ2v) is 5.28. The fourth-order valence-corrected chi connectivity index (χ4v) is 2.45. The lowest BCUT2D eigenvalue weighted by Crippen LogP contribution is -2.37. The van der Waals surface area contributed by atoms with Crippen LogP contribution >= 0.6 is 35.3 Å². The normalized spacial score (nSPS) is 10.7. The Hall–Kier alpha value is -1.28. The van der Waals surface area contributed by atoms with Crippen LogP contribution in [0.25, 0.3) is 0 Å². The van der Waals surface area contributed by atoms with Gasteiger partial charge in [-0.1, -0.05) is 18.2 Å². The molecule has 1 aromatic carbocycles. The highest BCUT2D eigenvalue weighted by molar-refractivity contribution is 14.0. The van der Waals surface area contributed by atoms with E-state index in [1.54, 1.807) is 18.4 Å². The van der Waals surface area contributed by atoms with E-state index in [2.05, 4.69) is 32.5 Å². The van der Waals surface area contributed by atoms with Gasteiger partial charge in [-0.05, 0) is 40.9 Å². The molecule has 0 radical (unpaired) electrons. The van der Waals surface area contributed by atoms with Gasteiger partial charge in [0.05, 0.1) is 6.61 Å². The summed E-state index contributed by atoms with van der Waals surface area (Å²) in [5.41, 5.74) is 1.27. The number of guanidine groups is 1. The third-order valence-electron chi connectivity index (χ3n) is 2.89. The summed E-state index contributed by atoms with van der Waals surface area (Å²) in [5, 5.41) is 10.8. The van der Waals surface area contributed by atoms with Gasteiger partial charge in [-0.2, -0.15) is 11.3 Å². The average molecular weight is 431 g/mol. The van der Waals surface area contributed by atoms with Crippen LogP contribution in [0.4, 0.5) is 0 Å². The standard InChI is InChI=1S/C16H21N3OS.HI/c1-17-16(19-12-14-8-11-21-13-14)18-9-5-10-20-15-6-3-2-4-7-15;/h2-4,6-8,11,13H,5,9-10,12H2,1H3,(H2,17,18,19);1H. The quantitative estimate of drug-likeness (QED) is 0.305. The summed E-state index contributed by atoms with van der Waals surface area (Å²) in [7, 11) is 1.78. The average Bonchev–Trinajstić information content (AvgIpc) is 3.04. The molecule has 120 valence electrons. The van der Waals surface area contributed by atoms with Crippen LogP contribution in [0.15, 0.2) is 52.2 Å². The van der Waals surface area contributed by atoms with Gasteiger partial charge in [0.25, 0.3) is 0 Å². The molecule has 0 unspecified atom stereocenters. The molecule has 0 aliphatic rings. The minimum atomic E-state index is 0. The molecule has 1 aromatic heterocycles. The molecule has 0 saturated heterocycles. The van der Waals surface area contributed by atoms with Crippen LogP contribution in [0, 0.1) is 0 Å². The Morgan fingerprint density at radius 1 is 1.18 bits per heavy atom. The summed E-state index contributed by atoms with van der Waals surface area (Å²) in [6.45, 7) is 2.32. The third kappa shape index (κ3) is 7.13. The van der Waals surface area contributed by atoms with Gasteiger partial charge in [-0.25, -0.2) is 0 Å². The fourth-order valence-electron chi connectivity index (χ4n) is 1.79. The highest BCUT2D eigenvalue weighted by Crippen LogP contribution is 2.08. The van der Waals surface area contributed by atoms with Gasteiger partial charge in [0.2, 0.25) is 0 Å². The zero-order chi connectivity index (χ0) is 14.8. The number of thiophene rings is 1.